The zero-order chi connectivity index (χ0) is 25.3. The average Bonchev–Trinajstić information content (AvgIpc) is 3.34. The van der Waals surface area contributed by atoms with Crippen molar-refractivity contribution in [3.05, 3.63) is 124 Å². The maximum atomic E-state index is 14.1. The number of fused-ring (bicyclic) bond motifs is 1. The lowest BCUT2D eigenvalue weighted by molar-refractivity contribution is 0.117. The number of ether oxygens (including phenoxy) is 1. The summed E-state index contributed by atoms with van der Waals surface area (Å²) in [7, 11) is 3.41. The third-order valence-electron chi connectivity index (χ3n) is 6.54. The molecule has 1 atom stereocenters. The zero-order valence-electron chi connectivity index (χ0n) is 20.0. The molecule has 0 fully saturated rings. The lowest BCUT2D eigenvalue weighted by Crippen LogP contribution is -2.31. The number of methoxy groups -OCH3 is 1. The Bertz CT molecular complexity index is 1520. The van der Waals surface area contributed by atoms with Crippen LogP contribution >= 0.6 is 11.6 Å². The summed E-state index contributed by atoms with van der Waals surface area (Å²) >= 11 is 6.14. The fraction of sp³-hybridized carbons (Fsp3) is 0.172. The highest BCUT2D eigenvalue weighted by Gasteiger charge is 2.37. The minimum absolute atomic E-state index is 0.343. The van der Waals surface area contributed by atoms with Gasteiger partial charge in [0, 0.05) is 29.4 Å². The smallest absolute Gasteiger partial charge is 0.156 e. The Morgan fingerprint density at radius 3 is 2.39 bits per heavy atom. The van der Waals surface area contributed by atoms with E-state index in [1.165, 1.54) is 0 Å². The van der Waals surface area contributed by atoms with Gasteiger partial charge in [-0.15, -0.1) is 0 Å². The largest absolute Gasteiger partial charge is 0.496 e. The highest BCUT2D eigenvalue weighted by molar-refractivity contribution is 6.30. The van der Waals surface area contributed by atoms with Gasteiger partial charge in [0.15, 0.2) is 5.60 Å². The number of aromatic nitrogens is 3. The molecule has 2 heterocycles. The van der Waals surface area contributed by atoms with Crippen molar-refractivity contribution in [3.63, 3.8) is 0 Å². The van der Waals surface area contributed by atoms with Crippen molar-refractivity contribution < 1.29 is 14.2 Å². The first-order chi connectivity index (χ1) is 17.5. The highest BCUT2D eigenvalue weighted by Crippen LogP contribution is 2.40. The van der Waals surface area contributed by atoms with Gasteiger partial charge in [0.05, 0.1) is 36.5 Å². The highest BCUT2D eigenvalue weighted by atomic mass is 35.5. The van der Waals surface area contributed by atoms with Crippen LogP contribution in [0.5, 0.6) is 5.75 Å². The van der Waals surface area contributed by atoms with Crippen LogP contribution in [0.2, 0.25) is 5.02 Å². The van der Waals surface area contributed by atoms with Crippen molar-refractivity contribution in [3.8, 4) is 5.75 Å². The Balaban J connectivity index is 1.75. The summed E-state index contributed by atoms with van der Waals surface area (Å²) in [6.07, 6.45) is 3.76. The maximum Gasteiger partial charge on any atom is 0.156 e. The van der Waals surface area contributed by atoms with E-state index in [1.54, 1.807) is 60.6 Å². The van der Waals surface area contributed by atoms with Gasteiger partial charge in [0.2, 0.25) is 0 Å². The van der Waals surface area contributed by atoms with E-state index in [1.807, 2.05) is 43.4 Å². The van der Waals surface area contributed by atoms with E-state index in [4.69, 9.17) is 16.3 Å². The van der Waals surface area contributed by atoms with Crippen LogP contribution in [0.3, 0.4) is 0 Å². The molecule has 36 heavy (non-hydrogen) atoms. The second-order valence-electron chi connectivity index (χ2n) is 8.71. The second-order valence-corrected chi connectivity index (χ2v) is 9.14. The second kappa shape index (κ2) is 9.72. The molecule has 5 rings (SSSR count). The summed E-state index contributed by atoms with van der Waals surface area (Å²) < 4.78 is 21.7. The third-order valence-corrected chi connectivity index (χ3v) is 6.79. The Hall–Kier alpha value is -3.74. The van der Waals surface area contributed by atoms with Crippen LogP contribution in [0.15, 0.2) is 85.3 Å². The quantitative estimate of drug-likeness (QED) is 0.298. The number of halogens is 2. The zero-order valence-corrected chi connectivity index (χ0v) is 20.7. The summed E-state index contributed by atoms with van der Waals surface area (Å²) in [4.78, 5) is 8.85. The summed E-state index contributed by atoms with van der Waals surface area (Å²) in [5.74, 6) is 0.543. The van der Waals surface area contributed by atoms with E-state index in [0.717, 1.165) is 5.56 Å². The van der Waals surface area contributed by atoms with Crippen LogP contribution in [-0.4, -0.2) is 26.8 Å². The summed E-state index contributed by atoms with van der Waals surface area (Å²) in [6, 6.07) is 22.3. The molecule has 5 nitrogen and oxygen atoms in total. The van der Waals surface area contributed by atoms with Gasteiger partial charge in [-0.05, 0) is 41.0 Å². The molecular formula is C29H25ClFN3O2. The molecule has 3 aromatic carbocycles. The molecule has 0 aliphatic carbocycles. The fourth-order valence-electron chi connectivity index (χ4n) is 4.73. The van der Waals surface area contributed by atoms with Crippen LogP contribution in [0.1, 0.15) is 33.6 Å². The number of hydrogen-bond acceptors (Lipinski definition) is 4. The molecule has 1 unspecified atom stereocenters. The van der Waals surface area contributed by atoms with Crippen molar-refractivity contribution >= 4 is 22.5 Å². The summed E-state index contributed by atoms with van der Waals surface area (Å²) in [5, 5.41) is 13.5. The fourth-order valence-corrected chi connectivity index (χ4v) is 4.86. The van der Waals surface area contributed by atoms with E-state index in [9.17, 15) is 9.50 Å². The minimum Gasteiger partial charge on any atom is -0.496 e. The first-order valence-electron chi connectivity index (χ1n) is 11.5. The summed E-state index contributed by atoms with van der Waals surface area (Å²) in [6.45, 7) is -0.708. The molecule has 0 aliphatic rings. The Kier molecular flexibility index (Phi) is 6.48. The van der Waals surface area contributed by atoms with Gasteiger partial charge in [0.25, 0.3) is 0 Å². The number of pyridine rings is 1. The number of aryl methyl sites for hydroxylation is 1. The Morgan fingerprint density at radius 2 is 1.75 bits per heavy atom. The van der Waals surface area contributed by atoms with Gasteiger partial charge in [-0.3, -0.25) is 0 Å². The Morgan fingerprint density at radius 1 is 1.03 bits per heavy atom. The van der Waals surface area contributed by atoms with Crippen LogP contribution < -0.4 is 4.74 Å². The predicted molar refractivity (Wildman–Crippen MR) is 139 cm³/mol. The van der Waals surface area contributed by atoms with E-state index >= 15 is 0 Å². The standard InChI is InChI=1S/C29H25ClFN3O2/c1-34-18-32-17-27(34)29(35,20-8-11-22(30)12-9-20)21-10-13-25-24(15-21)28(36-2)23(26(16-31)33-25)14-19-6-4-3-5-7-19/h3-13,15,17-18,35H,14,16H2,1-2H3. The molecule has 1 N–H and O–H groups in total. The van der Waals surface area contributed by atoms with Crippen molar-refractivity contribution in [2.75, 3.05) is 7.11 Å². The molecule has 0 radical (unpaired) electrons. The molecule has 0 spiro atoms. The molecule has 182 valence electrons. The van der Waals surface area contributed by atoms with Crippen molar-refractivity contribution in [1.82, 2.24) is 14.5 Å². The molecule has 0 aliphatic heterocycles. The molecule has 5 aromatic rings. The molecular weight excluding hydrogens is 477 g/mol. The van der Waals surface area contributed by atoms with Crippen LogP contribution in [0.4, 0.5) is 4.39 Å². The number of benzene rings is 3. The molecule has 7 heteroatoms. The minimum atomic E-state index is -1.53. The molecule has 0 saturated carbocycles. The molecule has 0 amide bonds. The average molecular weight is 502 g/mol. The SMILES string of the molecule is COc1c(Cc2ccccc2)c(CF)nc2ccc(C(O)(c3ccc(Cl)cc3)c3cncn3C)cc12. The third kappa shape index (κ3) is 4.12. The molecule has 2 aromatic heterocycles. The van der Waals surface area contributed by atoms with Gasteiger partial charge in [-0.25, -0.2) is 14.4 Å². The van der Waals surface area contributed by atoms with E-state index < -0.39 is 12.3 Å². The number of nitrogens with zero attached hydrogens (tertiary/aromatic N) is 3. The first kappa shape index (κ1) is 24.0. The monoisotopic (exact) mass is 501 g/mol. The normalized spacial score (nSPS) is 13.0. The lowest BCUT2D eigenvalue weighted by atomic mass is 9.83. The number of aliphatic hydroxyl groups is 1. The predicted octanol–water partition coefficient (Wildman–Crippen LogP) is 5.97. The topological polar surface area (TPSA) is 60.2 Å². The van der Waals surface area contributed by atoms with Crippen molar-refractivity contribution in [2.45, 2.75) is 18.7 Å². The Labute approximate surface area is 213 Å². The van der Waals surface area contributed by atoms with Gasteiger partial charge < -0.3 is 14.4 Å². The number of rotatable bonds is 7. The lowest BCUT2D eigenvalue weighted by Gasteiger charge is -2.30. The van der Waals surface area contributed by atoms with Gasteiger partial charge >= 0.3 is 0 Å². The van der Waals surface area contributed by atoms with Gasteiger partial charge in [0.1, 0.15) is 12.4 Å². The van der Waals surface area contributed by atoms with E-state index in [-0.39, 0.29) is 0 Å². The van der Waals surface area contributed by atoms with E-state index in [0.29, 0.717) is 56.2 Å². The van der Waals surface area contributed by atoms with Gasteiger partial charge in [-0.1, -0.05) is 60.1 Å². The molecule has 0 saturated heterocycles. The van der Waals surface area contributed by atoms with Crippen molar-refractivity contribution in [1.29, 1.82) is 0 Å². The summed E-state index contributed by atoms with van der Waals surface area (Å²) in [5.41, 5.74) is 2.92. The number of hydrogen-bond donors (Lipinski definition) is 1. The van der Waals surface area contributed by atoms with Crippen LogP contribution in [0.25, 0.3) is 10.9 Å². The number of imidazole rings is 1. The first-order valence-corrected chi connectivity index (χ1v) is 11.9. The van der Waals surface area contributed by atoms with Crippen LogP contribution in [-0.2, 0) is 25.7 Å². The van der Waals surface area contributed by atoms with Crippen LogP contribution in [0, 0.1) is 0 Å². The maximum absolute atomic E-state index is 14.1. The number of alkyl halides is 1. The van der Waals surface area contributed by atoms with Crippen molar-refractivity contribution in [2.24, 2.45) is 7.05 Å². The molecule has 0 bridgehead atoms. The van der Waals surface area contributed by atoms with E-state index in [2.05, 4.69) is 9.97 Å². The van der Waals surface area contributed by atoms with Gasteiger partial charge in [-0.2, -0.15) is 0 Å².